The number of thioether (sulfide) groups is 4. The molecule has 8 N–H and O–H groups in total. The molecule has 1 aliphatic rings. The Morgan fingerprint density at radius 3 is 2.33 bits per heavy atom. The molecule has 0 aliphatic carbocycles. The summed E-state index contributed by atoms with van der Waals surface area (Å²) in [7, 11) is 0. The van der Waals surface area contributed by atoms with E-state index in [1.807, 2.05) is 35.3 Å². The number of hydrogen-bond acceptors (Lipinski definition) is 10. The van der Waals surface area contributed by atoms with Crippen molar-refractivity contribution >= 4 is 53.0 Å². The maximum absolute atomic E-state index is 11.5. The molecule has 1 amide bonds. The average Bonchev–Trinajstić information content (AvgIpc) is 2.63. The van der Waals surface area contributed by atoms with E-state index >= 15 is 0 Å². The number of carbonyl (C=O) groups is 1. The van der Waals surface area contributed by atoms with Crippen molar-refractivity contribution in [3.05, 3.63) is 0 Å². The molecule has 1 rings (SSSR count). The van der Waals surface area contributed by atoms with E-state index in [0.717, 1.165) is 29.4 Å². The molecule has 1 aliphatic heterocycles. The minimum Gasteiger partial charge on any atom is -0.329 e. The summed E-state index contributed by atoms with van der Waals surface area (Å²) in [5.41, 5.74) is 10.1. The summed E-state index contributed by atoms with van der Waals surface area (Å²) in [6.07, 6.45) is 1.07. The topological polar surface area (TPSA) is 128 Å². The lowest BCUT2D eigenvalue weighted by molar-refractivity contribution is -0.120. The molecule has 0 spiro atoms. The van der Waals surface area contributed by atoms with Gasteiger partial charge in [0.05, 0.1) is 11.9 Å². The Hall–Kier alpha value is 0.670. The Morgan fingerprint density at radius 1 is 1.25 bits per heavy atom. The second-order valence-corrected chi connectivity index (χ2v) is 10.5. The molecule has 0 radical (unpaired) electrons. The lowest BCUT2D eigenvalue weighted by Gasteiger charge is -2.29. The van der Waals surface area contributed by atoms with Gasteiger partial charge in [0.25, 0.3) is 0 Å². The zero-order valence-electron chi connectivity index (χ0n) is 13.9. The monoisotopic (exact) mass is 415 g/mol. The second-order valence-electron chi connectivity index (χ2n) is 5.27. The van der Waals surface area contributed by atoms with Gasteiger partial charge in [-0.25, -0.2) is 11.7 Å². The minimum absolute atomic E-state index is 0.190. The van der Waals surface area contributed by atoms with Crippen molar-refractivity contribution < 1.29 is 9.63 Å². The highest BCUT2D eigenvalue weighted by atomic mass is 32.2. The van der Waals surface area contributed by atoms with Crippen molar-refractivity contribution in [3.8, 4) is 0 Å². The van der Waals surface area contributed by atoms with E-state index < -0.39 is 0 Å². The molecule has 24 heavy (non-hydrogen) atoms. The van der Waals surface area contributed by atoms with Crippen LogP contribution in [0.3, 0.4) is 0 Å². The number of amides is 1. The van der Waals surface area contributed by atoms with Crippen LogP contribution in [0.4, 0.5) is 0 Å². The number of carbonyl (C=O) groups excluding carboxylic acids is 1. The van der Waals surface area contributed by atoms with Crippen LogP contribution in [0.2, 0.25) is 0 Å². The van der Waals surface area contributed by atoms with Gasteiger partial charge in [-0.1, -0.05) is 6.92 Å². The Balaban J connectivity index is 2.20. The summed E-state index contributed by atoms with van der Waals surface area (Å²) in [4.78, 5) is 16.6. The quantitative estimate of drug-likeness (QED) is 0.171. The fraction of sp³-hybridized carbons (Fsp3) is 0.923. The first-order valence-electron chi connectivity index (χ1n) is 7.88. The summed E-state index contributed by atoms with van der Waals surface area (Å²) in [6, 6.07) is 0. The van der Waals surface area contributed by atoms with E-state index in [1.165, 1.54) is 0 Å². The smallest absolute Gasteiger partial charge is 0.248 e. The third-order valence-electron chi connectivity index (χ3n) is 3.49. The summed E-state index contributed by atoms with van der Waals surface area (Å²) < 4.78 is 0. The van der Waals surface area contributed by atoms with Crippen molar-refractivity contribution in [2.45, 2.75) is 34.3 Å². The van der Waals surface area contributed by atoms with Crippen LogP contribution in [0, 0.1) is 0 Å². The van der Waals surface area contributed by atoms with Gasteiger partial charge in [0, 0.05) is 45.3 Å². The molecule has 1 heterocycles. The van der Waals surface area contributed by atoms with E-state index in [4.69, 9.17) is 22.3 Å². The minimum atomic E-state index is -0.254. The predicted octanol–water partition coefficient (Wildman–Crippen LogP) is 0.161. The van der Waals surface area contributed by atoms with Crippen LogP contribution >= 0.6 is 47.0 Å². The summed E-state index contributed by atoms with van der Waals surface area (Å²) in [6.45, 7) is 3.11. The van der Waals surface area contributed by atoms with Crippen LogP contribution in [0.15, 0.2) is 0 Å². The number of hydrogen-bond donors (Lipinski definition) is 5. The molecule has 4 atom stereocenters. The molecule has 0 aromatic rings. The maximum Gasteiger partial charge on any atom is 0.248 e. The summed E-state index contributed by atoms with van der Waals surface area (Å²) in [5, 5.41) is 1.45. The summed E-state index contributed by atoms with van der Waals surface area (Å²) >= 11 is 7.58. The Bertz CT molecular complexity index is 348. The molecule has 0 bridgehead atoms. The highest BCUT2D eigenvalue weighted by molar-refractivity contribution is 8.09. The first-order valence-corrected chi connectivity index (χ1v) is 12.1. The number of nitrogens with one attached hydrogen (secondary N) is 2. The number of rotatable bonds is 12. The van der Waals surface area contributed by atoms with Crippen LogP contribution in [-0.2, 0) is 9.63 Å². The van der Waals surface area contributed by atoms with Gasteiger partial charge in [0.1, 0.15) is 0 Å². The predicted molar refractivity (Wildman–Crippen MR) is 110 cm³/mol. The molecule has 0 aromatic carbocycles. The van der Waals surface area contributed by atoms with E-state index in [9.17, 15) is 4.79 Å². The van der Waals surface area contributed by atoms with Crippen LogP contribution in [-0.4, -0.2) is 63.1 Å². The lowest BCUT2D eigenvalue weighted by atomic mass is 10.3. The van der Waals surface area contributed by atoms with Gasteiger partial charge in [-0.2, -0.15) is 35.3 Å². The fourth-order valence-corrected chi connectivity index (χ4v) is 7.93. The third kappa shape index (κ3) is 8.86. The van der Waals surface area contributed by atoms with Crippen molar-refractivity contribution in [1.29, 1.82) is 0 Å². The maximum atomic E-state index is 11.5. The van der Waals surface area contributed by atoms with Crippen molar-refractivity contribution in [3.63, 3.8) is 0 Å². The molecule has 11 heteroatoms. The number of nitrogens with two attached hydrogens (primary N) is 3. The van der Waals surface area contributed by atoms with Crippen LogP contribution < -0.4 is 28.4 Å². The van der Waals surface area contributed by atoms with Crippen LogP contribution in [0.5, 0.6) is 0 Å². The largest absolute Gasteiger partial charge is 0.329 e. The third-order valence-corrected chi connectivity index (χ3v) is 10.1. The lowest BCUT2D eigenvalue weighted by Crippen LogP contribution is -2.41. The molecular weight excluding hydrogens is 386 g/mol. The number of hydrazine groups is 2. The zero-order chi connectivity index (χ0) is 17.8. The Kier molecular flexibility index (Phi) is 13.1. The molecular formula is C13H29N5O2S4. The van der Waals surface area contributed by atoms with Gasteiger partial charge >= 0.3 is 0 Å². The van der Waals surface area contributed by atoms with Crippen LogP contribution in [0.25, 0.3) is 0 Å². The van der Waals surface area contributed by atoms with E-state index in [-0.39, 0.29) is 11.2 Å². The normalized spacial score (nSPS) is 23.7. The molecule has 0 saturated carbocycles. The van der Waals surface area contributed by atoms with Crippen molar-refractivity contribution in [2.24, 2.45) is 17.4 Å². The fourth-order valence-electron chi connectivity index (χ4n) is 2.01. The van der Waals surface area contributed by atoms with Crippen LogP contribution in [0.1, 0.15) is 13.3 Å². The molecule has 4 unspecified atom stereocenters. The van der Waals surface area contributed by atoms with Gasteiger partial charge in [-0.3, -0.25) is 15.1 Å². The molecule has 142 valence electrons. The average molecular weight is 416 g/mol. The highest BCUT2D eigenvalue weighted by Crippen LogP contribution is 2.34. The van der Waals surface area contributed by atoms with Crippen molar-refractivity contribution in [1.82, 2.24) is 11.0 Å². The highest BCUT2D eigenvalue weighted by Gasteiger charge is 2.25. The molecule has 1 saturated heterocycles. The van der Waals surface area contributed by atoms with Gasteiger partial charge in [0.2, 0.25) is 5.91 Å². The van der Waals surface area contributed by atoms with Gasteiger partial charge in [0.15, 0.2) is 0 Å². The van der Waals surface area contributed by atoms with Crippen molar-refractivity contribution in [2.75, 3.05) is 36.2 Å². The van der Waals surface area contributed by atoms with Gasteiger partial charge in [-0.05, 0) is 6.42 Å². The zero-order valence-corrected chi connectivity index (χ0v) is 17.2. The standard InChI is InChI=1S/C13H29N5O2S4/c1-2-9(4-20-18-16)21-5-10-6-23-11(7-22-10)8-24-12(3-14)13(19)17-15/h9-12,18H,2-8,14-16H2,1H3,(H,17,19). The van der Waals surface area contributed by atoms with E-state index in [1.54, 1.807) is 11.8 Å². The van der Waals surface area contributed by atoms with E-state index in [2.05, 4.69) is 17.9 Å². The summed E-state index contributed by atoms with van der Waals surface area (Å²) in [5.74, 6) is 14.4. The SMILES string of the molecule is CCC(CONN)SCC1CSC(CSC(CN)C(=O)NN)CS1. The Labute approximate surface area is 161 Å². The van der Waals surface area contributed by atoms with E-state index in [0.29, 0.717) is 28.9 Å². The molecule has 1 fully saturated rings. The van der Waals surface area contributed by atoms with Gasteiger partial charge in [-0.15, -0.1) is 17.4 Å². The van der Waals surface area contributed by atoms with Gasteiger partial charge < -0.3 is 5.73 Å². The first kappa shape index (κ1) is 22.7. The molecule has 0 aromatic heterocycles. The second kappa shape index (κ2) is 13.8. The first-order chi connectivity index (χ1) is 11.6. The molecule has 7 nitrogen and oxygen atoms in total. The Morgan fingerprint density at radius 2 is 1.88 bits per heavy atom.